The molecule has 0 aliphatic heterocycles. The fraction of sp³-hybridized carbons (Fsp3) is 0.429. The van der Waals surface area contributed by atoms with Gasteiger partial charge in [-0.25, -0.2) is 4.79 Å². The Morgan fingerprint density at radius 2 is 2.00 bits per heavy atom. The number of benzene rings is 1. The Bertz CT molecular complexity index is 473. The lowest BCUT2D eigenvalue weighted by atomic mass is 10.1. The van der Waals surface area contributed by atoms with E-state index in [1.165, 1.54) is 25.3 Å². The first kappa shape index (κ1) is 16.0. The van der Waals surface area contributed by atoms with Crippen LogP contribution in [0, 0.1) is 0 Å². The first-order chi connectivity index (χ1) is 9.58. The summed E-state index contributed by atoms with van der Waals surface area (Å²) in [6, 6.07) is 4.32. The summed E-state index contributed by atoms with van der Waals surface area (Å²) in [7, 11) is 3.05. The molecule has 0 atom stereocenters. The molecule has 0 saturated heterocycles. The molecule has 1 rings (SSSR count). The van der Waals surface area contributed by atoms with Crippen LogP contribution in [-0.2, 0) is 9.53 Å². The molecular formula is C14H19NO5. The minimum atomic E-state index is -1.04. The molecule has 0 aliphatic carbocycles. The first-order valence-electron chi connectivity index (χ1n) is 6.28. The smallest absolute Gasteiger partial charge is 0.335 e. The summed E-state index contributed by atoms with van der Waals surface area (Å²) in [5, 5.41) is 11.6. The van der Waals surface area contributed by atoms with Crippen LogP contribution in [0.5, 0.6) is 5.75 Å². The quantitative estimate of drug-likeness (QED) is 0.713. The Balaban J connectivity index is 2.62. The second-order valence-corrected chi connectivity index (χ2v) is 4.22. The van der Waals surface area contributed by atoms with Crippen LogP contribution in [0.2, 0.25) is 0 Å². The van der Waals surface area contributed by atoms with Gasteiger partial charge in [0, 0.05) is 20.1 Å². The van der Waals surface area contributed by atoms with E-state index in [0.29, 0.717) is 24.5 Å². The van der Waals surface area contributed by atoms with Crippen molar-refractivity contribution in [2.24, 2.45) is 0 Å². The molecule has 1 amide bonds. The number of carboxylic acid groups (broad SMARTS) is 1. The van der Waals surface area contributed by atoms with E-state index in [2.05, 4.69) is 5.32 Å². The lowest BCUT2D eigenvalue weighted by Crippen LogP contribution is -2.12. The second kappa shape index (κ2) is 8.16. The van der Waals surface area contributed by atoms with E-state index < -0.39 is 5.97 Å². The third-order valence-corrected chi connectivity index (χ3v) is 2.72. The number of hydrogen-bond acceptors (Lipinski definition) is 4. The average Bonchev–Trinajstić information content (AvgIpc) is 2.43. The van der Waals surface area contributed by atoms with E-state index in [1.54, 1.807) is 7.11 Å². The molecule has 6 heteroatoms. The Morgan fingerprint density at radius 3 is 2.60 bits per heavy atom. The summed E-state index contributed by atoms with van der Waals surface area (Å²) in [6.45, 7) is 0.629. The minimum Gasteiger partial charge on any atom is -0.495 e. The zero-order chi connectivity index (χ0) is 15.0. The number of carbonyl (C=O) groups is 2. The summed E-state index contributed by atoms with van der Waals surface area (Å²) in [6.07, 6.45) is 1.93. The maximum absolute atomic E-state index is 11.7. The van der Waals surface area contributed by atoms with Crippen molar-refractivity contribution in [3.63, 3.8) is 0 Å². The molecule has 6 nitrogen and oxygen atoms in total. The van der Waals surface area contributed by atoms with Crippen LogP contribution >= 0.6 is 0 Å². The van der Waals surface area contributed by atoms with Crippen molar-refractivity contribution in [3.05, 3.63) is 23.8 Å². The summed E-state index contributed by atoms with van der Waals surface area (Å²) >= 11 is 0. The highest BCUT2D eigenvalue weighted by molar-refractivity contribution is 5.94. The monoisotopic (exact) mass is 281 g/mol. The van der Waals surface area contributed by atoms with E-state index in [1.807, 2.05) is 0 Å². The number of amides is 1. The largest absolute Gasteiger partial charge is 0.495 e. The molecule has 2 N–H and O–H groups in total. The van der Waals surface area contributed by atoms with Gasteiger partial charge in [0.15, 0.2) is 0 Å². The summed E-state index contributed by atoms with van der Waals surface area (Å²) in [5.74, 6) is -0.849. The van der Waals surface area contributed by atoms with Gasteiger partial charge < -0.3 is 19.9 Å². The molecule has 20 heavy (non-hydrogen) atoms. The van der Waals surface area contributed by atoms with Gasteiger partial charge >= 0.3 is 5.97 Å². The molecule has 0 bridgehead atoms. The van der Waals surface area contributed by atoms with Crippen molar-refractivity contribution in [1.29, 1.82) is 0 Å². The number of aromatic carboxylic acids is 1. The van der Waals surface area contributed by atoms with Crippen molar-refractivity contribution >= 4 is 17.6 Å². The van der Waals surface area contributed by atoms with Gasteiger partial charge in [0.2, 0.25) is 5.91 Å². The van der Waals surface area contributed by atoms with Crippen molar-refractivity contribution in [2.75, 3.05) is 26.1 Å². The van der Waals surface area contributed by atoms with Crippen LogP contribution in [-0.4, -0.2) is 37.8 Å². The van der Waals surface area contributed by atoms with Crippen LogP contribution in [0.3, 0.4) is 0 Å². The number of carboxylic acids is 1. The van der Waals surface area contributed by atoms with Crippen molar-refractivity contribution in [1.82, 2.24) is 0 Å². The minimum absolute atomic E-state index is 0.111. The standard InChI is InChI=1S/C14H19NO5/c1-19-8-4-3-5-13(16)15-11-7-6-10(14(17)18)9-12(11)20-2/h6-7,9H,3-5,8H2,1-2H3,(H,15,16)(H,17,18). The maximum Gasteiger partial charge on any atom is 0.335 e. The molecule has 110 valence electrons. The molecule has 0 aromatic heterocycles. The van der Waals surface area contributed by atoms with Gasteiger partial charge in [0.1, 0.15) is 5.75 Å². The molecule has 0 heterocycles. The number of anilines is 1. The van der Waals surface area contributed by atoms with Gasteiger partial charge in [0.05, 0.1) is 18.4 Å². The lowest BCUT2D eigenvalue weighted by Gasteiger charge is -2.10. The molecule has 0 aliphatic rings. The normalized spacial score (nSPS) is 10.1. The molecular weight excluding hydrogens is 262 g/mol. The third-order valence-electron chi connectivity index (χ3n) is 2.72. The summed E-state index contributed by atoms with van der Waals surface area (Å²) in [5.41, 5.74) is 0.578. The number of hydrogen-bond donors (Lipinski definition) is 2. The average molecular weight is 281 g/mol. The molecule has 1 aromatic carbocycles. The van der Waals surface area contributed by atoms with Crippen molar-refractivity contribution in [3.8, 4) is 5.75 Å². The van der Waals surface area contributed by atoms with Crippen LogP contribution in [0.4, 0.5) is 5.69 Å². The fourth-order valence-corrected chi connectivity index (χ4v) is 1.67. The third kappa shape index (κ3) is 4.89. The molecule has 0 radical (unpaired) electrons. The second-order valence-electron chi connectivity index (χ2n) is 4.22. The number of unbranched alkanes of at least 4 members (excludes halogenated alkanes) is 1. The number of rotatable bonds is 8. The lowest BCUT2D eigenvalue weighted by molar-refractivity contribution is -0.116. The van der Waals surface area contributed by atoms with Crippen molar-refractivity contribution < 1.29 is 24.2 Å². The van der Waals surface area contributed by atoms with E-state index in [4.69, 9.17) is 14.6 Å². The number of nitrogens with one attached hydrogen (secondary N) is 1. The predicted molar refractivity (Wildman–Crippen MR) is 74.3 cm³/mol. The predicted octanol–water partition coefficient (Wildman–Crippen LogP) is 2.15. The Kier molecular flexibility index (Phi) is 6.52. The highest BCUT2D eigenvalue weighted by atomic mass is 16.5. The van der Waals surface area contributed by atoms with E-state index in [-0.39, 0.29) is 11.5 Å². The maximum atomic E-state index is 11.7. The number of ether oxygens (including phenoxy) is 2. The first-order valence-corrected chi connectivity index (χ1v) is 6.28. The van der Waals surface area contributed by atoms with E-state index >= 15 is 0 Å². The number of methoxy groups -OCH3 is 2. The van der Waals surface area contributed by atoms with Gasteiger partial charge in [-0.2, -0.15) is 0 Å². The molecule has 1 aromatic rings. The highest BCUT2D eigenvalue weighted by Crippen LogP contribution is 2.25. The number of carbonyl (C=O) groups excluding carboxylic acids is 1. The van der Waals surface area contributed by atoms with Crippen LogP contribution in [0.15, 0.2) is 18.2 Å². The van der Waals surface area contributed by atoms with E-state index in [0.717, 1.165) is 12.8 Å². The molecule has 0 spiro atoms. The van der Waals surface area contributed by atoms with Crippen molar-refractivity contribution in [2.45, 2.75) is 19.3 Å². The Labute approximate surface area is 117 Å². The zero-order valence-corrected chi connectivity index (χ0v) is 11.6. The Morgan fingerprint density at radius 1 is 1.25 bits per heavy atom. The molecule has 0 saturated carbocycles. The molecule has 0 fully saturated rings. The van der Waals surface area contributed by atoms with E-state index in [9.17, 15) is 9.59 Å². The Hall–Kier alpha value is -2.08. The summed E-state index contributed by atoms with van der Waals surface area (Å²) < 4.78 is 9.99. The van der Waals surface area contributed by atoms with Crippen LogP contribution in [0.1, 0.15) is 29.6 Å². The molecule has 0 unspecified atom stereocenters. The van der Waals surface area contributed by atoms with Gasteiger partial charge in [-0.3, -0.25) is 4.79 Å². The topological polar surface area (TPSA) is 84.9 Å². The van der Waals surface area contributed by atoms with Gasteiger partial charge in [-0.1, -0.05) is 0 Å². The van der Waals surface area contributed by atoms with Crippen LogP contribution < -0.4 is 10.1 Å². The highest BCUT2D eigenvalue weighted by Gasteiger charge is 2.11. The SMILES string of the molecule is COCCCCC(=O)Nc1ccc(C(=O)O)cc1OC. The summed E-state index contributed by atoms with van der Waals surface area (Å²) in [4.78, 5) is 22.6. The van der Waals surface area contributed by atoms with Crippen LogP contribution in [0.25, 0.3) is 0 Å². The van der Waals surface area contributed by atoms with Gasteiger partial charge in [-0.05, 0) is 31.0 Å². The fourth-order valence-electron chi connectivity index (χ4n) is 1.67. The zero-order valence-electron chi connectivity index (χ0n) is 11.6. The van der Waals surface area contributed by atoms with Gasteiger partial charge in [-0.15, -0.1) is 0 Å². The van der Waals surface area contributed by atoms with Gasteiger partial charge in [0.25, 0.3) is 0 Å².